The number of aliphatic carboxylic acids is 1. The molecule has 7 nitrogen and oxygen atoms in total. The second kappa shape index (κ2) is 6.53. The number of carboxylic acid groups (broad SMARTS) is 1. The Labute approximate surface area is 119 Å². The van der Waals surface area contributed by atoms with Crippen LogP contribution >= 0.6 is 0 Å². The number of carbonyl (C=O) groups excluding carboxylic acids is 1. The molecule has 0 aromatic carbocycles. The molecule has 1 aliphatic rings. The van der Waals surface area contributed by atoms with E-state index >= 15 is 0 Å². The number of rotatable bonds is 6. The summed E-state index contributed by atoms with van der Waals surface area (Å²) < 4.78 is 24.3. The molecule has 1 rings (SSSR count). The number of carbonyl (C=O) groups is 2. The van der Waals surface area contributed by atoms with E-state index in [1.165, 1.54) is 0 Å². The molecular formula is C12H22N2O5S. The van der Waals surface area contributed by atoms with Crippen LogP contribution in [0.25, 0.3) is 0 Å². The number of nitrogens with zero attached hydrogens (tertiary/aromatic N) is 1. The topological polar surface area (TPSA) is 104 Å². The van der Waals surface area contributed by atoms with Gasteiger partial charge in [0.25, 0.3) is 0 Å². The monoisotopic (exact) mass is 306 g/mol. The summed E-state index contributed by atoms with van der Waals surface area (Å²) in [6.45, 7) is 3.88. The van der Waals surface area contributed by atoms with Crippen LogP contribution in [0.5, 0.6) is 0 Å². The Morgan fingerprint density at radius 1 is 1.45 bits per heavy atom. The van der Waals surface area contributed by atoms with Crippen molar-refractivity contribution in [2.24, 2.45) is 5.92 Å². The second-order valence-electron chi connectivity index (χ2n) is 5.24. The SMILES string of the molecule is CCC(C)C(NC(=O)C1CCCN1S(C)(=O)=O)C(=O)O. The molecule has 0 bridgehead atoms. The van der Waals surface area contributed by atoms with E-state index in [1.807, 2.05) is 6.92 Å². The predicted octanol–water partition coefficient (Wildman–Crippen LogP) is 0.0259. The van der Waals surface area contributed by atoms with Crippen molar-refractivity contribution < 1.29 is 23.1 Å². The van der Waals surface area contributed by atoms with E-state index in [1.54, 1.807) is 6.92 Å². The molecule has 0 saturated carbocycles. The smallest absolute Gasteiger partial charge is 0.326 e. The van der Waals surface area contributed by atoms with E-state index < -0.39 is 34.0 Å². The molecule has 0 aromatic rings. The highest BCUT2D eigenvalue weighted by Crippen LogP contribution is 2.21. The first-order valence-electron chi connectivity index (χ1n) is 6.68. The normalized spacial score (nSPS) is 23.2. The fourth-order valence-electron chi connectivity index (χ4n) is 2.33. The van der Waals surface area contributed by atoms with E-state index in [0.29, 0.717) is 25.8 Å². The molecule has 1 aliphatic heterocycles. The third-order valence-electron chi connectivity index (χ3n) is 3.71. The second-order valence-corrected chi connectivity index (χ2v) is 7.18. The summed E-state index contributed by atoms with van der Waals surface area (Å²) in [5.74, 6) is -1.85. The molecule has 116 valence electrons. The van der Waals surface area contributed by atoms with Crippen molar-refractivity contribution in [3.8, 4) is 0 Å². The minimum Gasteiger partial charge on any atom is -0.480 e. The van der Waals surface area contributed by atoms with Gasteiger partial charge in [-0.15, -0.1) is 0 Å². The van der Waals surface area contributed by atoms with Crippen molar-refractivity contribution in [2.45, 2.75) is 45.2 Å². The van der Waals surface area contributed by atoms with Crippen molar-refractivity contribution in [3.05, 3.63) is 0 Å². The van der Waals surface area contributed by atoms with Gasteiger partial charge in [0.15, 0.2) is 0 Å². The summed E-state index contributed by atoms with van der Waals surface area (Å²) >= 11 is 0. The lowest BCUT2D eigenvalue weighted by Gasteiger charge is -2.25. The largest absolute Gasteiger partial charge is 0.480 e. The standard InChI is InChI=1S/C12H22N2O5S/c1-4-8(2)10(12(16)17)13-11(15)9-6-5-7-14(9)20(3,18)19/h8-10H,4-7H2,1-3H3,(H,13,15)(H,16,17). The molecule has 0 aromatic heterocycles. The summed E-state index contributed by atoms with van der Waals surface area (Å²) in [5, 5.41) is 11.6. The first-order valence-corrected chi connectivity index (χ1v) is 8.53. The van der Waals surface area contributed by atoms with E-state index in [4.69, 9.17) is 5.11 Å². The summed E-state index contributed by atoms with van der Waals surface area (Å²) in [5.41, 5.74) is 0. The first-order chi connectivity index (χ1) is 9.18. The van der Waals surface area contributed by atoms with Crippen LogP contribution in [0.15, 0.2) is 0 Å². The van der Waals surface area contributed by atoms with Crippen molar-refractivity contribution in [1.82, 2.24) is 9.62 Å². The predicted molar refractivity (Wildman–Crippen MR) is 73.6 cm³/mol. The number of hydrogen-bond acceptors (Lipinski definition) is 4. The zero-order valence-electron chi connectivity index (χ0n) is 12.0. The summed E-state index contributed by atoms with van der Waals surface area (Å²) in [4.78, 5) is 23.3. The lowest BCUT2D eigenvalue weighted by molar-refractivity contribution is -0.143. The quantitative estimate of drug-likeness (QED) is 0.720. The van der Waals surface area contributed by atoms with Crippen molar-refractivity contribution in [3.63, 3.8) is 0 Å². The van der Waals surface area contributed by atoms with Gasteiger partial charge in [-0.25, -0.2) is 13.2 Å². The fourth-order valence-corrected chi connectivity index (χ4v) is 3.46. The minimum atomic E-state index is -3.45. The van der Waals surface area contributed by atoms with Crippen LogP contribution in [0.3, 0.4) is 0 Å². The zero-order valence-corrected chi connectivity index (χ0v) is 12.8. The Morgan fingerprint density at radius 3 is 2.50 bits per heavy atom. The summed E-state index contributed by atoms with van der Waals surface area (Å²) in [6.07, 6.45) is 2.69. The molecule has 20 heavy (non-hydrogen) atoms. The molecule has 3 unspecified atom stereocenters. The highest BCUT2D eigenvalue weighted by Gasteiger charge is 2.38. The van der Waals surface area contributed by atoms with Crippen LogP contribution in [-0.2, 0) is 19.6 Å². The third-order valence-corrected chi connectivity index (χ3v) is 5.00. The van der Waals surface area contributed by atoms with Gasteiger partial charge in [-0.3, -0.25) is 4.79 Å². The molecule has 8 heteroatoms. The van der Waals surface area contributed by atoms with Crippen LogP contribution in [-0.4, -0.2) is 54.6 Å². The van der Waals surface area contributed by atoms with E-state index in [-0.39, 0.29) is 5.92 Å². The van der Waals surface area contributed by atoms with Crippen LogP contribution < -0.4 is 5.32 Å². The maximum absolute atomic E-state index is 12.2. The minimum absolute atomic E-state index is 0.218. The lowest BCUT2D eigenvalue weighted by Crippen LogP contribution is -2.52. The highest BCUT2D eigenvalue weighted by molar-refractivity contribution is 7.88. The Kier molecular flexibility index (Phi) is 5.52. The third kappa shape index (κ3) is 3.92. The Morgan fingerprint density at radius 2 is 2.05 bits per heavy atom. The van der Waals surface area contributed by atoms with Gasteiger partial charge >= 0.3 is 5.97 Å². The van der Waals surface area contributed by atoms with E-state index in [2.05, 4.69) is 5.32 Å². The van der Waals surface area contributed by atoms with Gasteiger partial charge < -0.3 is 10.4 Å². The van der Waals surface area contributed by atoms with Gasteiger partial charge in [0.2, 0.25) is 15.9 Å². The highest BCUT2D eigenvalue weighted by atomic mass is 32.2. The van der Waals surface area contributed by atoms with Gasteiger partial charge in [0.1, 0.15) is 12.1 Å². The van der Waals surface area contributed by atoms with Crippen molar-refractivity contribution >= 4 is 21.9 Å². The summed E-state index contributed by atoms with van der Waals surface area (Å²) in [6, 6.07) is -1.79. The molecule has 0 radical (unpaired) electrons. The Balaban J connectivity index is 2.81. The van der Waals surface area contributed by atoms with E-state index in [0.717, 1.165) is 10.6 Å². The molecule has 0 aliphatic carbocycles. The van der Waals surface area contributed by atoms with Crippen LogP contribution in [0.4, 0.5) is 0 Å². The van der Waals surface area contributed by atoms with Crippen LogP contribution in [0, 0.1) is 5.92 Å². The number of carboxylic acids is 1. The number of sulfonamides is 1. The molecular weight excluding hydrogens is 284 g/mol. The molecule has 1 heterocycles. The maximum atomic E-state index is 12.2. The number of nitrogens with one attached hydrogen (secondary N) is 1. The molecule has 3 atom stereocenters. The average molecular weight is 306 g/mol. The maximum Gasteiger partial charge on any atom is 0.326 e. The van der Waals surface area contributed by atoms with Gasteiger partial charge in [-0.05, 0) is 18.8 Å². The zero-order chi connectivity index (χ0) is 15.5. The van der Waals surface area contributed by atoms with Crippen molar-refractivity contribution in [1.29, 1.82) is 0 Å². The van der Waals surface area contributed by atoms with Gasteiger partial charge in [0.05, 0.1) is 6.26 Å². The fraction of sp³-hybridized carbons (Fsp3) is 0.833. The van der Waals surface area contributed by atoms with Crippen molar-refractivity contribution in [2.75, 3.05) is 12.8 Å². The van der Waals surface area contributed by atoms with Crippen LogP contribution in [0.2, 0.25) is 0 Å². The molecule has 2 N–H and O–H groups in total. The van der Waals surface area contributed by atoms with Gasteiger partial charge in [0, 0.05) is 6.54 Å². The van der Waals surface area contributed by atoms with Crippen LogP contribution in [0.1, 0.15) is 33.1 Å². The molecule has 1 amide bonds. The first kappa shape index (κ1) is 16.9. The number of amides is 1. The van der Waals surface area contributed by atoms with Gasteiger partial charge in [-0.2, -0.15) is 4.31 Å². The molecule has 1 saturated heterocycles. The van der Waals surface area contributed by atoms with Gasteiger partial charge in [-0.1, -0.05) is 20.3 Å². The van der Waals surface area contributed by atoms with E-state index in [9.17, 15) is 18.0 Å². The molecule has 1 fully saturated rings. The Bertz CT molecular complexity index is 476. The summed E-state index contributed by atoms with van der Waals surface area (Å²) in [7, 11) is -3.45. The number of hydrogen-bond donors (Lipinski definition) is 2. The molecule has 0 spiro atoms. The lowest BCUT2D eigenvalue weighted by atomic mass is 9.99. The average Bonchev–Trinajstić information content (AvgIpc) is 2.83. The Hall–Kier alpha value is -1.15.